The highest BCUT2D eigenvalue weighted by molar-refractivity contribution is 6.32. The Balaban J connectivity index is 1.73. The first-order valence-corrected chi connectivity index (χ1v) is 13.0. The smallest absolute Gasteiger partial charge is 0.417 e. The highest BCUT2D eigenvalue weighted by atomic mass is 35.5. The Morgan fingerprint density at radius 3 is 2.59 bits per heavy atom. The van der Waals surface area contributed by atoms with Gasteiger partial charge in [-0.15, -0.1) is 0 Å². The second-order valence-electron chi connectivity index (χ2n) is 9.67. The van der Waals surface area contributed by atoms with Crippen LogP contribution in [-0.4, -0.2) is 29.2 Å². The van der Waals surface area contributed by atoms with E-state index in [0.29, 0.717) is 43.9 Å². The largest absolute Gasteiger partial charge is 0.513 e. The van der Waals surface area contributed by atoms with Gasteiger partial charge in [0.1, 0.15) is 5.75 Å². The number of alkyl halides is 3. The van der Waals surface area contributed by atoms with Crippen molar-refractivity contribution in [2.24, 2.45) is 5.92 Å². The summed E-state index contributed by atoms with van der Waals surface area (Å²) >= 11 is 6.24. The van der Waals surface area contributed by atoms with Crippen LogP contribution in [0.3, 0.4) is 0 Å². The molecular weight excluding hydrogens is 499 g/mol. The normalized spacial score (nSPS) is 15.4. The van der Waals surface area contributed by atoms with Crippen LogP contribution in [0.15, 0.2) is 78.6 Å². The lowest BCUT2D eigenvalue weighted by Crippen LogP contribution is -2.37. The van der Waals surface area contributed by atoms with E-state index in [9.17, 15) is 18.3 Å². The third kappa shape index (κ3) is 8.68. The van der Waals surface area contributed by atoms with Crippen LogP contribution in [0.4, 0.5) is 13.2 Å². The number of hydrogen-bond donors (Lipinski definition) is 1. The molecule has 3 rings (SSSR count). The Kier molecular flexibility index (Phi) is 10.3. The van der Waals surface area contributed by atoms with Crippen molar-refractivity contribution < 1.29 is 23.0 Å². The van der Waals surface area contributed by atoms with Crippen molar-refractivity contribution in [3.63, 3.8) is 0 Å². The molecule has 1 N–H and O–H groups in total. The summed E-state index contributed by atoms with van der Waals surface area (Å²) < 4.78 is 46.3. The van der Waals surface area contributed by atoms with Crippen LogP contribution in [-0.2, 0) is 19.1 Å². The Labute approximate surface area is 222 Å². The quantitative estimate of drug-likeness (QED) is 0.277. The molecule has 1 aliphatic carbocycles. The minimum Gasteiger partial charge on any atom is -0.513 e. The molecule has 200 valence electrons. The number of allylic oxidation sites excluding steroid dienone is 4. The van der Waals surface area contributed by atoms with E-state index in [0.717, 1.165) is 24.5 Å². The molecule has 2 atom stereocenters. The van der Waals surface area contributed by atoms with E-state index in [4.69, 9.17) is 16.3 Å². The third-order valence-electron chi connectivity index (χ3n) is 6.59. The number of aliphatic hydroxyl groups is 1. The van der Waals surface area contributed by atoms with Gasteiger partial charge in [-0.3, -0.25) is 4.90 Å². The average Bonchev–Trinajstić information content (AvgIpc) is 2.84. The Bertz CT molecular complexity index is 1130. The van der Waals surface area contributed by atoms with Crippen molar-refractivity contribution in [1.82, 2.24) is 4.90 Å². The van der Waals surface area contributed by atoms with E-state index >= 15 is 0 Å². The molecule has 0 spiro atoms. The summed E-state index contributed by atoms with van der Waals surface area (Å²) in [6.07, 6.45) is 5.11. The SMILES string of the molecule is C=C(O)Cc1cccc(OCCC(C)N(Cc2cccc(C(F)(F)F)c2Cl)CC(C)C2=CCCC=C2)c1. The Morgan fingerprint density at radius 2 is 1.92 bits per heavy atom. The van der Waals surface area contributed by atoms with Crippen molar-refractivity contribution in [1.29, 1.82) is 0 Å². The summed E-state index contributed by atoms with van der Waals surface area (Å²) in [7, 11) is 0. The van der Waals surface area contributed by atoms with Crippen LogP contribution in [0.2, 0.25) is 5.02 Å². The number of aliphatic hydroxyl groups excluding tert-OH is 1. The van der Waals surface area contributed by atoms with Gasteiger partial charge in [0.25, 0.3) is 0 Å². The van der Waals surface area contributed by atoms with Crippen LogP contribution in [0, 0.1) is 5.92 Å². The highest BCUT2D eigenvalue weighted by Crippen LogP contribution is 2.37. The summed E-state index contributed by atoms with van der Waals surface area (Å²) in [4.78, 5) is 2.19. The van der Waals surface area contributed by atoms with E-state index < -0.39 is 11.7 Å². The summed E-state index contributed by atoms with van der Waals surface area (Å²) in [6.45, 7) is 9.16. The summed E-state index contributed by atoms with van der Waals surface area (Å²) in [5.74, 6) is 1.00. The molecule has 7 heteroatoms. The van der Waals surface area contributed by atoms with Crippen LogP contribution in [0.25, 0.3) is 0 Å². The summed E-state index contributed by atoms with van der Waals surface area (Å²) in [6, 6.07) is 11.6. The number of halogens is 4. The molecule has 2 aromatic carbocycles. The second kappa shape index (κ2) is 13.2. The molecule has 0 saturated carbocycles. The molecule has 3 nitrogen and oxygen atoms in total. The summed E-state index contributed by atoms with van der Waals surface area (Å²) in [5.41, 5.74) is 1.80. The molecule has 0 saturated heterocycles. The van der Waals surface area contributed by atoms with Gasteiger partial charge in [0.15, 0.2) is 0 Å². The number of benzene rings is 2. The molecule has 0 amide bonds. The Morgan fingerprint density at radius 1 is 1.16 bits per heavy atom. The van der Waals surface area contributed by atoms with Crippen LogP contribution < -0.4 is 4.74 Å². The zero-order valence-corrected chi connectivity index (χ0v) is 22.2. The molecule has 0 heterocycles. The van der Waals surface area contributed by atoms with Crippen molar-refractivity contribution in [3.05, 3.63) is 100 Å². The van der Waals surface area contributed by atoms with Gasteiger partial charge < -0.3 is 9.84 Å². The zero-order valence-electron chi connectivity index (χ0n) is 21.4. The fourth-order valence-electron chi connectivity index (χ4n) is 4.51. The first-order chi connectivity index (χ1) is 17.5. The first kappa shape index (κ1) is 28.9. The topological polar surface area (TPSA) is 32.7 Å². The first-order valence-electron chi connectivity index (χ1n) is 12.6. The van der Waals surface area contributed by atoms with E-state index in [1.54, 1.807) is 6.07 Å². The van der Waals surface area contributed by atoms with Gasteiger partial charge in [-0.2, -0.15) is 13.2 Å². The van der Waals surface area contributed by atoms with Crippen LogP contribution in [0.5, 0.6) is 5.75 Å². The number of rotatable bonds is 12. The molecule has 0 fully saturated rings. The maximum Gasteiger partial charge on any atom is 0.417 e. The van der Waals surface area contributed by atoms with Gasteiger partial charge in [-0.1, -0.05) is 67.6 Å². The van der Waals surface area contributed by atoms with Crippen molar-refractivity contribution in [2.45, 2.75) is 58.3 Å². The molecule has 0 radical (unpaired) electrons. The molecule has 0 aliphatic heterocycles. The predicted molar refractivity (Wildman–Crippen MR) is 144 cm³/mol. The molecular formula is C30H35ClF3NO2. The standard InChI is InChI=1S/C30H35ClF3NO2/c1-21(25-10-5-4-6-11-25)19-35(20-26-12-8-14-28(29(26)31)30(32,33)34)22(2)15-16-37-27-13-7-9-24(18-27)17-23(3)36/h5,7-14,18,21-22,36H,3-4,6,15-17,19-20H2,1-2H3. The molecule has 37 heavy (non-hydrogen) atoms. The van der Waals surface area contributed by atoms with Gasteiger partial charge in [-0.25, -0.2) is 0 Å². The van der Waals surface area contributed by atoms with Gasteiger partial charge in [0.2, 0.25) is 0 Å². The van der Waals surface area contributed by atoms with Crippen molar-refractivity contribution in [3.8, 4) is 5.75 Å². The maximum absolute atomic E-state index is 13.5. The van der Waals surface area contributed by atoms with E-state index in [1.165, 1.54) is 11.6 Å². The predicted octanol–water partition coefficient (Wildman–Crippen LogP) is 8.55. The fraction of sp³-hybridized carbons (Fsp3) is 0.400. The monoisotopic (exact) mass is 533 g/mol. The van der Waals surface area contributed by atoms with E-state index in [2.05, 4.69) is 43.6 Å². The number of hydrogen-bond acceptors (Lipinski definition) is 3. The second-order valence-corrected chi connectivity index (χ2v) is 10.0. The van der Waals surface area contributed by atoms with Gasteiger partial charge in [0.05, 0.1) is 23.0 Å². The third-order valence-corrected chi connectivity index (χ3v) is 7.04. The Hall–Kier alpha value is -2.70. The van der Waals surface area contributed by atoms with Crippen LogP contribution >= 0.6 is 11.6 Å². The van der Waals surface area contributed by atoms with Gasteiger partial charge in [0, 0.05) is 25.6 Å². The lowest BCUT2D eigenvalue weighted by molar-refractivity contribution is -0.137. The van der Waals surface area contributed by atoms with Crippen molar-refractivity contribution in [2.75, 3.05) is 13.2 Å². The number of nitrogens with zero attached hydrogens (tertiary/aromatic N) is 1. The minimum atomic E-state index is -4.50. The highest BCUT2D eigenvalue weighted by Gasteiger charge is 2.34. The lowest BCUT2D eigenvalue weighted by Gasteiger charge is -2.33. The molecule has 2 aromatic rings. The molecule has 2 unspecified atom stereocenters. The minimum absolute atomic E-state index is 0.0293. The van der Waals surface area contributed by atoms with Crippen LogP contribution in [0.1, 0.15) is 49.8 Å². The van der Waals surface area contributed by atoms with Gasteiger partial charge in [-0.05, 0) is 67.0 Å². The fourth-order valence-corrected chi connectivity index (χ4v) is 4.80. The zero-order chi connectivity index (χ0) is 27.0. The average molecular weight is 534 g/mol. The van der Waals surface area contributed by atoms with E-state index in [-0.39, 0.29) is 22.7 Å². The molecule has 1 aliphatic rings. The molecule has 0 aromatic heterocycles. The summed E-state index contributed by atoms with van der Waals surface area (Å²) in [5, 5.41) is 9.21. The van der Waals surface area contributed by atoms with Crippen molar-refractivity contribution >= 4 is 11.6 Å². The molecule has 0 bridgehead atoms. The van der Waals surface area contributed by atoms with E-state index in [1.807, 2.05) is 24.3 Å². The maximum atomic E-state index is 13.5. The number of ether oxygens (including phenoxy) is 1. The lowest BCUT2D eigenvalue weighted by atomic mass is 9.94. The van der Waals surface area contributed by atoms with Gasteiger partial charge >= 0.3 is 6.18 Å².